The van der Waals surface area contributed by atoms with E-state index in [1.54, 1.807) is 6.07 Å². The van der Waals surface area contributed by atoms with E-state index < -0.39 is 0 Å². The molecule has 5 nitrogen and oxygen atoms in total. The summed E-state index contributed by atoms with van der Waals surface area (Å²) in [5.74, 6) is 0.868. The van der Waals surface area contributed by atoms with E-state index in [0.29, 0.717) is 10.1 Å². The van der Waals surface area contributed by atoms with Crippen molar-refractivity contribution in [3.63, 3.8) is 0 Å². The number of thiocarbonyl (C=S) groups is 1. The van der Waals surface area contributed by atoms with Gasteiger partial charge in [-0.15, -0.1) is 10.2 Å². The number of nitrogens with two attached hydrogens (primary N) is 1. The molecule has 104 valence electrons. The largest absolute Gasteiger partial charge is 0.392 e. The van der Waals surface area contributed by atoms with Crippen LogP contribution in [0.1, 0.15) is 13.3 Å². The highest BCUT2D eigenvalue weighted by Crippen LogP contribution is 2.16. The molecule has 0 aromatic carbocycles. The average Bonchev–Trinajstić information content (AvgIpc) is 2.41. The molecule has 1 fully saturated rings. The molecule has 1 aromatic heterocycles. The topological polar surface area (TPSA) is 58.3 Å². The van der Waals surface area contributed by atoms with E-state index in [0.717, 1.165) is 38.4 Å². The summed E-state index contributed by atoms with van der Waals surface area (Å²) in [6.07, 6.45) is 0.954. The fourth-order valence-electron chi connectivity index (χ4n) is 2.38. The molecule has 1 saturated heterocycles. The van der Waals surface area contributed by atoms with Crippen LogP contribution in [0.25, 0.3) is 0 Å². The highest BCUT2D eigenvalue weighted by Gasteiger charge is 2.24. The molecule has 0 saturated carbocycles. The normalized spacial score (nSPS) is 18.3. The third-order valence-electron chi connectivity index (χ3n) is 3.41. The number of piperazine rings is 1. The van der Waals surface area contributed by atoms with Gasteiger partial charge in [0.05, 0.1) is 11.0 Å². The maximum absolute atomic E-state index is 5.78. The first-order valence-electron chi connectivity index (χ1n) is 6.39. The molecule has 19 heavy (non-hydrogen) atoms. The second-order valence-corrected chi connectivity index (χ2v) is 5.42. The molecule has 7 heteroatoms. The van der Waals surface area contributed by atoms with E-state index >= 15 is 0 Å². The van der Waals surface area contributed by atoms with Crippen LogP contribution in [-0.2, 0) is 0 Å². The van der Waals surface area contributed by atoms with Crippen molar-refractivity contribution in [3.8, 4) is 0 Å². The monoisotopic (exact) mass is 299 g/mol. The molecule has 0 aliphatic carbocycles. The number of nitrogens with zero attached hydrogens (tertiary/aromatic N) is 4. The zero-order chi connectivity index (χ0) is 13.8. The highest BCUT2D eigenvalue weighted by atomic mass is 35.5. The smallest absolute Gasteiger partial charge is 0.151 e. The molecule has 2 heterocycles. The van der Waals surface area contributed by atoms with Crippen LogP contribution in [0.15, 0.2) is 12.1 Å². The lowest BCUT2D eigenvalue weighted by atomic mass is 10.1. The number of hydrogen-bond donors (Lipinski definition) is 1. The summed E-state index contributed by atoms with van der Waals surface area (Å²) >= 11 is 10.9. The molecule has 0 spiro atoms. The zero-order valence-electron chi connectivity index (χ0n) is 10.9. The van der Waals surface area contributed by atoms with Crippen molar-refractivity contribution < 1.29 is 0 Å². The molecule has 1 aliphatic heterocycles. The lowest BCUT2D eigenvalue weighted by Gasteiger charge is -2.38. The van der Waals surface area contributed by atoms with Crippen molar-refractivity contribution in [2.75, 3.05) is 31.1 Å². The molecule has 0 radical (unpaired) electrons. The van der Waals surface area contributed by atoms with Crippen LogP contribution in [0.5, 0.6) is 0 Å². The Morgan fingerprint density at radius 2 is 2.05 bits per heavy atom. The van der Waals surface area contributed by atoms with Crippen LogP contribution in [0.3, 0.4) is 0 Å². The number of rotatable bonds is 4. The van der Waals surface area contributed by atoms with Gasteiger partial charge in [-0.1, -0.05) is 30.7 Å². The fourth-order valence-corrected chi connectivity index (χ4v) is 2.80. The third-order valence-corrected chi connectivity index (χ3v) is 3.89. The molecule has 1 aliphatic rings. The molecule has 1 aromatic rings. The number of anilines is 1. The van der Waals surface area contributed by atoms with Gasteiger partial charge in [0.2, 0.25) is 0 Å². The Labute approximate surface area is 123 Å². The van der Waals surface area contributed by atoms with Crippen LogP contribution in [0, 0.1) is 0 Å². The fraction of sp³-hybridized carbons (Fsp3) is 0.583. The van der Waals surface area contributed by atoms with E-state index in [-0.39, 0.29) is 6.04 Å². The van der Waals surface area contributed by atoms with Crippen LogP contribution in [0.4, 0.5) is 5.82 Å². The summed E-state index contributed by atoms with van der Waals surface area (Å²) in [6.45, 7) is 5.77. The van der Waals surface area contributed by atoms with Crippen molar-refractivity contribution in [3.05, 3.63) is 17.3 Å². The first-order valence-corrected chi connectivity index (χ1v) is 7.18. The summed E-state index contributed by atoms with van der Waals surface area (Å²) in [5.41, 5.74) is 5.78. The predicted octanol–water partition coefficient (Wildman–Crippen LogP) is 1.32. The lowest BCUT2D eigenvalue weighted by molar-refractivity contribution is 0.224. The summed E-state index contributed by atoms with van der Waals surface area (Å²) in [7, 11) is 0. The van der Waals surface area contributed by atoms with E-state index in [2.05, 4.69) is 26.9 Å². The Balaban J connectivity index is 1.95. The second kappa shape index (κ2) is 6.45. The summed E-state index contributed by atoms with van der Waals surface area (Å²) in [4.78, 5) is 5.12. The summed E-state index contributed by atoms with van der Waals surface area (Å²) in [5, 5.41) is 8.39. The third kappa shape index (κ3) is 3.52. The highest BCUT2D eigenvalue weighted by molar-refractivity contribution is 7.80. The SMILES string of the molecule is CCC(C(N)=S)N1CCN(c2ccc(Cl)nn2)CC1. The van der Waals surface area contributed by atoms with Crippen molar-refractivity contribution in [2.24, 2.45) is 5.73 Å². The minimum atomic E-state index is 0.202. The van der Waals surface area contributed by atoms with E-state index in [1.165, 1.54) is 0 Å². The zero-order valence-corrected chi connectivity index (χ0v) is 12.5. The predicted molar refractivity (Wildman–Crippen MR) is 81.7 cm³/mol. The summed E-state index contributed by atoms with van der Waals surface area (Å²) in [6, 6.07) is 3.86. The first-order chi connectivity index (χ1) is 9.11. The molecular formula is C12H18ClN5S. The van der Waals surface area contributed by atoms with Gasteiger partial charge in [0.1, 0.15) is 0 Å². The van der Waals surface area contributed by atoms with Gasteiger partial charge in [0.15, 0.2) is 11.0 Å². The lowest BCUT2D eigenvalue weighted by Crippen LogP contribution is -2.53. The Bertz CT molecular complexity index is 430. The number of halogens is 1. The Morgan fingerprint density at radius 3 is 2.53 bits per heavy atom. The number of hydrogen-bond acceptors (Lipinski definition) is 5. The van der Waals surface area contributed by atoms with E-state index in [9.17, 15) is 0 Å². The van der Waals surface area contributed by atoms with Gasteiger partial charge in [-0.2, -0.15) is 0 Å². The number of aromatic nitrogens is 2. The standard InChI is InChI=1S/C12H18ClN5S/c1-2-9(12(14)19)17-5-7-18(8-6-17)11-4-3-10(13)15-16-11/h3-4,9H,2,5-8H2,1H3,(H2,14,19). The molecule has 2 rings (SSSR count). The maximum atomic E-state index is 5.78. The van der Waals surface area contributed by atoms with Gasteiger partial charge in [-0.25, -0.2) is 0 Å². The van der Waals surface area contributed by atoms with Gasteiger partial charge in [0.25, 0.3) is 0 Å². The average molecular weight is 300 g/mol. The van der Waals surface area contributed by atoms with Crippen molar-refractivity contribution in [1.82, 2.24) is 15.1 Å². The Kier molecular flexibility index (Phi) is 4.90. The first kappa shape index (κ1) is 14.4. The maximum Gasteiger partial charge on any atom is 0.151 e. The molecule has 1 atom stereocenters. The summed E-state index contributed by atoms with van der Waals surface area (Å²) < 4.78 is 0. The van der Waals surface area contributed by atoms with Crippen LogP contribution < -0.4 is 10.6 Å². The molecule has 2 N–H and O–H groups in total. The van der Waals surface area contributed by atoms with Crippen LogP contribution in [0.2, 0.25) is 5.15 Å². The van der Waals surface area contributed by atoms with Gasteiger partial charge < -0.3 is 10.6 Å². The Morgan fingerprint density at radius 1 is 1.37 bits per heavy atom. The second-order valence-electron chi connectivity index (χ2n) is 4.56. The van der Waals surface area contributed by atoms with E-state index in [1.807, 2.05) is 6.07 Å². The van der Waals surface area contributed by atoms with Crippen LogP contribution >= 0.6 is 23.8 Å². The molecule has 1 unspecified atom stereocenters. The minimum Gasteiger partial charge on any atom is -0.392 e. The van der Waals surface area contributed by atoms with Gasteiger partial charge >= 0.3 is 0 Å². The molecule has 0 bridgehead atoms. The van der Waals surface area contributed by atoms with Crippen LogP contribution in [-0.4, -0.2) is 52.3 Å². The quantitative estimate of drug-likeness (QED) is 0.846. The van der Waals surface area contributed by atoms with Gasteiger partial charge in [-0.05, 0) is 18.6 Å². The van der Waals surface area contributed by atoms with Gasteiger partial charge in [-0.3, -0.25) is 4.90 Å². The van der Waals surface area contributed by atoms with Crippen molar-refractivity contribution in [1.29, 1.82) is 0 Å². The van der Waals surface area contributed by atoms with Crippen molar-refractivity contribution in [2.45, 2.75) is 19.4 Å². The molecular weight excluding hydrogens is 282 g/mol. The van der Waals surface area contributed by atoms with E-state index in [4.69, 9.17) is 29.6 Å². The van der Waals surface area contributed by atoms with Gasteiger partial charge in [0, 0.05) is 26.2 Å². The Hall–Kier alpha value is -0.980. The van der Waals surface area contributed by atoms with Crippen molar-refractivity contribution >= 4 is 34.6 Å². The minimum absolute atomic E-state index is 0.202. The molecule has 0 amide bonds.